The monoisotopic (exact) mass is 281 g/mol. The van der Waals surface area contributed by atoms with Crippen molar-refractivity contribution in [3.8, 4) is 0 Å². The molecule has 2 N–H and O–H groups in total. The summed E-state index contributed by atoms with van der Waals surface area (Å²) in [5.41, 5.74) is -0.406. The first kappa shape index (κ1) is 14.0. The van der Waals surface area contributed by atoms with Crippen LogP contribution in [0.3, 0.4) is 0 Å². The van der Waals surface area contributed by atoms with Crippen molar-refractivity contribution in [2.75, 3.05) is 13.7 Å². The summed E-state index contributed by atoms with van der Waals surface area (Å²) in [6.45, 7) is 2.82. The van der Waals surface area contributed by atoms with Gasteiger partial charge in [-0.1, -0.05) is 18.5 Å². The number of hydrogen-bond donors (Lipinski definition) is 2. The zero-order chi connectivity index (χ0) is 14.2. The lowest BCUT2D eigenvalue weighted by Gasteiger charge is -2.36. The minimum atomic E-state index is -0.406. The fraction of sp³-hybridized carbons (Fsp3) is 0.857. The van der Waals surface area contributed by atoms with Gasteiger partial charge in [-0.2, -0.15) is 4.98 Å². The van der Waals surface area contributed by atoms with Crippen molar-refractivity contribution < 1.29 is 14.4 Å². The normalized spacial score (nSPS) is 38.2. The standard InChI is InChI=1S/C14H23N3O3/c1-9-4-3-5-14(7-9,19-2)13-16-12(20-17-13)11-6-10(18)8-15-11/h9-11,15,18H,3-8H2,1-2H3/t9?,10?,11-,14?/m0/s1. The number of aliphatic hydroxyl groups excluding tert-OH is 1. The van der Waals surface area contributed by atoms with Gasteiger partial charge in [0.25, 0.3) is 0 Å². The lowest BCUT2D eigenvalue weighted by Crippen LogP contribution is -2.35. The molecule has 2 fully saturated rings. The van der Waals surface area contributed by atoms with E-state index >= 15 is 0 Å². The SMILES string of the molecule is COC1(c2noc([C@@H]3CC(O)CN3)n2)CCCC(C)C1. The Bertz CT molecular complexity index is 464. The Hall–Kier alpha value is -0.980. The summed E-state index contributed by atoms with van der Waals surface area (Å²) in [5, 5.41) is 16.9. The molecule has 1 saturated heterocycles. The van der Waals surface area contributed by atoms with E-state index < -0.39 is 5.60 Å². The number of nitrogens with zero attached hydrogens (tertiary/aromatic N) is 2. The summed E-state index contributed by atoms with van der Waals surface area (Å²) in [6, 6.07) is -0.0406. The summed E-state index contributed by atoms with van der Waals surface area (Å²) in [7, 11) is 1.73. The van der Waals surface area contributed by atoms with Gasteiger partial charge in [0.1, 0.15) is 5.60 Å². The molecule has 4 atom stereocenters. The highest BCUT2D eigenvalue weighted by Gasteiger charge is 2.41. The summed E-state index contributed by atoms with van der Waals surface area (Å²) < 4.78 is 11.2. The Morgan fingerprint density at radius 2 is 2.35 bits per heavy atom. The molecular formula is C14H23N3O3. The van der Waals surface area contributed by atoms with Crippen molar-refractivity contribution in [2.45, 2.75) is 56.8 Å². The average molecular weight is 281 g/mol. The largest absolute Gasteiger partial charge is 0.392 e. The number of aliphatic hydroxyl groups is 1. The summed E-state index contributed by atoms with van der Waals surface area (Å²) in [6.07, 6.45) is 4.52. The Morgan fingerprint density at radius 3 is 3.00 bits per heavy atom. The molecule has 20 heavy (non-hydrogen) atoms. The molecule has 3 unspecified atom stereocenters. The minimum absolute atomic E-state index is 0.0406. The van der Waals surface area contributed by atoms with E-state index in [0.29, 0.717) is 30.6 Å². The van der Waals surface area contributed by atoms with Crippen molar-refractivity contribution in [3.63, 3.8) is 0 Å². The smallest absolute Gasteiger partial charge is 0.243 e. The number of methoxy groups -OCH3 is 1. The van der Waals surface area contributed by atoms with Crippen LogP contribution in [0.25, 0.3) is 0 Å². The van der Waals surface area contributed by atoms with Gasteiger partial charge < -0.3 is 19.7 Å². The molecule has 112 valence electrons. The second kappa shape index (κ2) is 5.42. The van der Waals surface area contributed by atoms with E-state index in [0.717, 1.165) is 19.3 Å². The number of rotatable bonds is 3. The molecule has 0 radical (unpaired) electrons. The van der Waals surface area contributed by atoms with Crippen molar-refractivity contribution in [1.82, 2.24) is 15.5 Å². The Kier molecular flexibility index (Phi) is 3.79. The molecule has 1 aromatic rings. The van der Waals surface area contributed by atoms with E-state index in [1.807, 2.05) is 0 Å². The number of hydrogen-bond acceptors (Lipinski definition) is 6. The second-order valence-electron chi connectivity index (χ2n) is 6.21. The second-order valence-corrected chi connectivity index (χ2v) is 6.21. The van der Waals surface area contributed by atoms with Crippen LogP contribution in [0.4, 0.5) is 0 Å². The summed E-state index contributed by atoms with van der Waals surface area (Å²) >= 11 is 0. The summed E-state index contributed by atoms with van der Waals surface area (Å²) in [5.74, 6) is 1.83. The zero-order valence-corrected chi connectivity index (χ0v) is 12.1. The van der Waals surface area contributed by atoms with Gasteiger partial charge in [-0.3, -0.25) is 0 Å². The van der Waals surface area contributed by atoms with Crippen LogP contribution < -0.4 is 5.32 Å². The van der Waals surface area contributed by atoms with Crippen molar-refractivity contribution >= 4 is 0 Å². The maximum atomic E-state index is 9.57. The highest BCUT2D eigenvalue weighted by Crippen LogP contribution is 2.41. The lowest BCUT2D eigenvalue weighted by molar-refractivity contribution is -0.0658. The molecule has 3 rings (SSSR count). The quantitative estimate of drug-likeness (QED) is 0.874. The van der Waals surface area contributed by atoms with Crippen LogP contribution in [0.2, 0.25) is 0 Å². The van der Waals surface area contributed by atoms with E-state index in [1.54, 1.807) is 7.11 Å². The van der Waals surface area contributed by atoms with Gasteiger partial charge in [0.2, 0.25) is 11.7 Å². The van der Waals surface area contributed by atoms with Gasteiger partial charge in [-0.05, 0) is 31.6 Å². The Balaban J connectivity index is 1.81. The van der Waals surface area contributed by atoms with E-state index in [9.17, 15) is 5.11 Å². The number of ether oxygens (including phenoxy) is 1. The highest BCUT2D eigenvalue weighted by molar-refractivity contribution is 5.06. The first-order valence-corrected chi connectivity index (χ1v) is 7.43. The van der Waals surface area contributed by atoms with Crippen LogP contribution in [-0.2, 0) is 10.3 Å². The molecule has 1 aromatic heterocycles. The third kappa shape index (κ3) is 2.47. The molecule has 2 aliphatic rings. The van der Waals surface area contributed by atoms with Gasteiger partial charge in [0.05, 0.1) is 12.1 Å². The van der Waals surface area contributed by atoms with E-state index in [-0.39, 0.29) is 12.1 Å². The third-order valence-corrected chi connectivity index (χ3v) is 4.60. The fourth-order valence-electron chi connectivity index (χ4n) is 3.45. The fourth-order valence-corrected chi connectivity index (χ4v) is 3.45. The van der Waals surface area contributed by atoms with Gasteiger partial charge in [-0.25, -0.2) is 0 Å². The maximum absolute atomic E-state index is 9.57. The van der Waals surface area contributed by atoms with Crippen LogP contribution in [0, 0.1) is 5.92 Å². The Labute approximate surface area is 118 Å². The molecule has 0 aromatic carbocycles. The van der Waals surface area contributed by atoms with Crippen LogP contribution in [0.1, 0.15) is 56.8 Å². The molecule has 1 aliphatic heterocycles. The first-order valence-electron chi connectivity index (χ1n) is 7.43. The van der Waals surface area contributed by atoms with Crippen LogP contribution in [0.15, 0.2) is 4.52 Å². The predicted octanol–water partition coefficient (Wildman–Crippen LogP) is 1.52. The third-order valence-electron chi connectivity index (χ3n) is 4.60. The Morgan fingerprint density at radius 1 is 1.50 bits per heavy atom. The van der Waals surface area contributed by atoms with E-state index in [1.165, 1.54) is 6.42 Å². The highest BCUT2D eigenvalue weighted by atomic mass is 16.5. The lowest BCUT2D eigenvalue weighted by atomic mass is 9.78. The van der Waals surface area contributed by atoms with E-state index in [4.69, 9.17) is 9.26 Å². The van der Waals surface area contributed by atoms with Crippen LogP contribution >= 0.6 is 0 Å². The van der Waals surface area contributed by atoms with Gasteiger partial charge >= 0.3 is 0 Å². The molecule has 6 heteroatoms. The van der Waals surface area contributed by atoms with Gasteiger partial charge in [0.15, 0.2) is 0 Å². The number of β-amino-alcohol motifs (C(OH)–C–C–N with tert-alkyl or cyclic N) is 1. The molecular weight excluding hydrogens is 258 g/mol. The van der Waals surface area contributed by atoms with Gasteiger partial charge in [0, 0.05) is 13.7 Å². The molecule has 0 bridgehead atoms. The molecule has 0 amide bonds. The number of nitrogens with one attached hydrogen (secondary N) is 1. The van der Waals surface area contributed by atoms with Crippen LogP contribution in [-0.4, -0.2) is 35.0 Å². The average Bonchev–Trinajstić information content (AvgIpc) is 3.07. The molecule has 1 aliphatic carbocycles. The van der Waals surface area contributed by atoms with Crippen molar-refractivity contribution in [1.29, 1.82) is 0 Å². The first-order chi connectivity index (χ1) is 9.63. The maximum Gasteiger partial charge on any atom is 0.243 e. The summed E-state index contributed by atoms with van der Waals surface area (Å²) in [4.78, 5) is 4.55. The van der Waals surface area contributed by atoms with E-state index in [2.05, 4.69) is 22.4 Å². The zero-order valence-electron chi connectivity index (χ0n) is 12.1. The van der Waals surface area contributed by atoms with Crippen molar-refractivity contribution in [2.24, 2.45) is 5.92 Å². The van der Waals surface area contributed by atoms with Crippen LogP contribution in [0.5, 0.6) is 0 Å². The minimum Gasteiger partial charge on any atom is -0.392 e. The number of aromatic nitrogens is 2. The molecule has 2 heterocycles. The van der Waals surface area contributed by atoms with Gasteiger partial charge in [-0.15, -0.1) is 0 Å². The molecule has 6 nitrogen and oxygen atoms in total. The topological polar surface area (TPSA) is 80.4 Å². The predicted molar refractivity (Wildman–Crippen MR) is 72.0 cm³/mol. The molecule has 1 saturated carbocycles. The molecule has 0 spiro atoms. The van der Waals surface area contributed by atoms with Crippen molar-refractivity contribution in [3.05, 3.63) is 11.7 Å².